The number of benzene rings is 2. The number of imidazole rings is 1. The molecule has 180 valence electrons. The van der Waals surface area contributed by atoms with Crippen molar-refractivity contribution in [3.8, 4) is 0 Å². The average molecular weight is 492 g/mol. The summed E-state index contributed by atoms with van der Waals surface area (Å²) in [5.74, 6) is -1.08. The Morgan fingerprint density at radius 2 is 1.91 bits per heavy atom. The number of H-pyrrole nitrogens is 1. The number of carboxylic acid groups (broad SMARTS) is 1. The van der Waals surface area contributed by atoms with Crippen molar-refractivity contribution in [3.63, 3.8) is 0 Å². The van der Waals surface area contributed by atoms with E-state index in [4.69, 9.17) is 21.1 Å². The number of pyridine rings is 1. The Bertz CT molecular complexity index is 1400. The zero-order valence-electron chi connectivity index (χ0n) is 19.1. The van der Waals surface area contributed by atoms with Gasteiger partial charge in [0.15, 0.2) is 5.69 Å². The van der Waals surface area contributed by atoms with Gasteiger partial charge in [-0.25, -0.2) is 9.78 Å². The number of nitrogens with one attached hydrogen (secondary N) is 1. The lowest BCUT2D eigenvalue weighted by atomic mass is 9.97. The topological polar surface area (TPSA) is 111 Å². The molecule has 2 aromatic carbocycles. The molecule has 0 aliphatic heterocycles. The molecule has 0 aliphatic carbocycles. The smallest absolute Gasteiger partial charge is 0.354 e. The van der Waals surface area contributed by atoms with Crippen molar-refractivity contribution < 1.29 is 19.4 Å². The van der Waals surface area contributed by atoms with Crippen LogP contribution in [0.5, 0.6) is 0 Å². The van der Waals surface area contributed by atoms with Gasteiger partial charge in [-0.2, -0.15) is 0 Å². The number of hydrogen-bond donors (Lipinski definition) is 2. The van der Waals surface area contributed by atoms with Gasteiger partial charge in [0.2, 0.25) is 0 Å². The van der Waals surface area contributed by atoms with Gasteiger partial charge in [0.05, 0.1) is 31.5 Å². The lowest BCUT2D eigenvalue weighted by molar-refractivity contribution is 0.0590. The Labute approximate surface area is 206 Å². The van der Waals surface area contributed by atoms with Crippen LogP contribution in [0.3, 0.4) is 0 Å². The van der Waals surface area contributed by atoms with Gasteiger partial charge in [0.1, 0.15) is 0 Å². The summed E-state index contributed by atoms with van der Waals surface area (Å²) in [5.41, 5.74) is 4.28. The molecule has 3 heterocycles. The number of aromatic nitrogens is 4. The average Bonchev–Trinajstić information content (AvgIpc) is 3.55. The van der Waals surface area contributed by atoms with Crippen LogP contribution in [0, 0.1) is 0 Å². The molecule has 35 heavy (non-hydrogen) atoms. The SMILES string of the molecule is COCCOCc1c(C(=O)O)ncc2[nH]c3cccc(Cc4ccccc4Cl)c3c12.c1c[n-]cn1. The summed E-state index contributed by atoms with van der Waals surface area (Å²) in [7, 11) is 1.59. The van der Waals surface area contributed by atoms with Crippen LogP contribution in [0.1, 0.15) is 27.2 Å². The quantitative estimate of drug-likeness (QED) is 0.298. The van der Waals surface area contributed by atoms with E-state index in [0.717, 1.165) is 32.9 Å². The fourth-order valence-corrected chi connectivity index (χ4v) is 4.11. The molecule has 5 rings (SSSR count). The number of aromatic amines is 1. The molecule has 0 fully saturated rings. The third-order valence-electron chi connectivity index (χ3n) is 5.44. The summed E-state index contributed by atoms with van der Waals surface area (Å²) in [5, 5.41) is 12.2. The summed E-state index contributed by atoms with van der Waals surface area (Å²) in [6, 6.07) is 13.7. The van der Waals surface area contributed by atoms with E-state index in [1.54, 1.807) is 25.7 Å². The van der Waals surface area contributed by atoms with Crippen molar-refractivity contribution in [2.75, 3.05) is 20.3 Å². The van der Waals surface area contributed by atoms with Crippen molar-refractivity contribution in [2.24, 2.45) is 0 Å². The molecule has 3 aromatic heterocycles. The van der Waals surface area contributed by atoms with Crippen molar-refractivity contribution in [2.45, 2.75) is 13.0 Å². The number of ether oxygens (including phenoxy) is 2. The third-order valence-corrected chi connectivity index (χ3v) is 5.81. The Kier molecular flexibility index (Phi) is 8.10. The van der Waals surface area contributed by atoms with Gasteiger partial charge >= 0.3 is 5.97 Å². The van der Waals surface area contributed by atoms with Crippen LogP contribution in [0.4, 0.5) is 0 Å². The predicted octanol–water partition coefficient (Wildman–Crippen LogP) is 4.86. The second kappa shape index (κ2) is 11.6. The van der Waals surface area contributed by atoms with Crippen LogP contribution in [0.25, 0.3) is 21.8 Å². The van der Waals surface area contributed by atoms with E-state index in [0.29, 0.717) is 30.2 Å². The molecular weight excluding hydrogens is 468 g/mol. The highest BCUT2D eigenvalue weighted by molar-refractivity contribution is 6.31. The van der Waals surface area contributed by atoms with Crippen molar-refractivity contribution in [1.29, 1.82) is 0 Å². The maximum atomic E-state index is 11.9. The largest absolute Gasteiger partial charge is 0.477 e. The fraction of sp³-hybridized carbons (Fsp3) is 0.192. The van der Waals surface area contributed by atoms with Crippen LogP contribution >= 0.6 is 11.6 Å². The molecule has 2 N–H and O–H groups in total. The van der Waals surface area contributed by atoms with Crippen LogP contribution in [-0.2, 0) is 22.5 Å². The molecule has 0 spiro atoms. The number of carbonyl (C=O) groups is 1. The van der Waals surface area contributed by atoms with Gasteiger partial charge in [-0.1, -0.05) is 60.7 Å². The molecule has 0 saturated heterocycles. The number of nitrogens with zero attached hydrogens (tertiary/aromatic N) is 3. The number of carboxylic acids is 1. The Morgan fingerprint density at radius 3 is 2.60 bits per heavy atom. The highest BCUT2D eigenvalue weighted by Crippen LogP contribution is 2.34. The Hall–Kier alpha value is -3.72. The van der Waals surface area contributed by atoms with Crippen molar-refractivity contribution in [3.05, 3.63) is 94.8 Å². The van der Waals surface area contributed by atoms with E-state index in [1.165, 1.54) is 6.33 Å². The Balaban J connectivity index is 0.000000514. The van der Waals surface area contributed by atoms with E-state index in [9.17, 15) is 9.90 Å². The fourth-order valence-electron chi connectivity index (χ4n) is 3.91. The van der Waals surface area contributed by atoms with Crippen LogP contribution < -0.4 is 4.98 Å². The van der Waals surface area contributed by atoms with E-state index >= 15 is 0 Å². The van der Waals surface area contributed by atoms with E-state index in [1.807, 2.05) is 42.5 Å². The summed E-state index contributed by atoms with van der Waals surface area (Å²) < 4.78 is 10.7. The van der Waals surface area contributed by atoms with Crippen molar-refractivity contribution in [1.82, 2.24) is 19.9 Å². The molecule has 0 unspecified atom stereocenters. The van der Waals surface area contributed by atoms with Gasteiger partial charge in [0, 0.05) is 34.0 Å². The predicted molar refractivity (Wildman–Crippen MR) is 134 cm³/mol. The van der Waals surface area contributed by atoms with Gasteiger partial charge in [0.25, 0.3) is 0 Å². The lowest BCUT2D eigenvalue weighted by Gasteiger charge is -2.11. The standard InChI is InChI=1S/C23H21ClN2O4.C3H3N2/c1-29-9-10-30-13-16-21-19(12-25-22(16)23(27)28)26-18-8-4-6-15(20(18)21)11-14-5-2-3-7-17(14)24;1-2-5-3-4-1/h2-8,12,26H,9-11,13H2,1H3,(H,27,28);1-3H/q;-1. The first-order valence-corrected chi connectivity index (χ1v) is 11.3. The molecule has 8 nitrogen and oxygen atoms in total. The molecule has 0 radical (unpaired) electrons. The normalized spacial score (nSPS) is 10.9. The highest BCUT2D eigenvalue weighted by Gasteiger charge is 2.20. The molecule has 0 bridgehead atoms. The zero-order valence-corrected chi connectivity index (χ0v) is 19.8. The van der Waals surface area contributed by atoms with Crippen LogP contribution in [-0.4, -0.2) is 46.4 Å². The minimum Gasteiger partial charge on any atom is -0.477 e. The van der Waals surface area contributed by atoms with E-state index in [2.05, 4.69) is 19.9 Å². The minimum atomic E-state index is -1.08. The summed E-state index contributed by atoms with van der Waals surface area (Å²) >= 11 is 6.39. The van der Waals surface area contributed by atoms with Crippen LogP contribution in [0.15, 0.2) is 67.4 Å². The summed E-state index contributed by atoms with van der Waals surface area (Å²) in [6.07, 6.45) is 6.97. The van der Waals surface area contributed by atoms with Gasteiger partial charge < -0.3 is 29.5 Å². The second-order valence-corrected chi connectivity index (χ2v) is 8.08. The lowest BCUT2D eigenvalue weighted by Crippen LogP contribution is -2.09. The molecule has 0 amide bonds. The number of hydrogen-bond acceptors (Lipinski definition) is 5. The monoisotopic (exact) mass is 491 g/mol. The van der Waals surface area contributed by atoms with Crippen LogP contribution in [0.2, 0.25) is 5.02 Å². The number of methoxy groups -OCH3 is 1. The third kappa shape index (κ3) is 5.68. The second-order valence-electron chi connectivity index (χ2n) is 7.67. The van der Waals surface area contributed by atoms with Gasteiger partial charge in [-0.3, -0.25) is 0 Å². The van der Waals surface area contributed by atoms with E-state index < -0.39 is 5.97 Å². The zero-order chi connectivity index (χ0) is 24.6. The maximum absolute atomic E-state index is 11.9. The Morgan fingerprint density at radius 1 is 1.09 bits per heavy atom. The minimum absolute atomic E-state index is 0.00614. The number of rotatable bonds is 8. The van der Waals surface area contributed by atoms with E-state index in [-0.39, 0.29) is 12.3 Å². The number of aromatic carboxylic acids is 1. The van der Waals surface area contributed by atoms with Crippen molar-refractivity contribution >= 4 is 39.4 Å². The first kappa shape index (κ1) is 24.4. The summed E-state index contributed by atoms with van der Waals surface area (Å²) in [6.45, 7) is 0.918. The van der Waals surface area contributed by atoms with Gasteiger partial charge in [-0.05, 0) is 29.7 Å². The maximum Gasteiger partial charge on any atom is 0.354 e. The number of halogens is 1. The first-order chi connectivity index (χ1) is 17.1. The van der Waals surface area contributed by atoms with Gasteiger partial charge in [-0.15, -0.1) is 0 Å². The molecule has 0 aliphatic rings. The first-order valence-electron chi connectivity index (χ1n) is 10.9. The molecule has 5 aromatic rings. The molecule has 0 atom stereocenters. The highest BCUT2D eigenvalue weighted by atomic mass is 35.5. The number of fused-ring (bicyclic) bond motifs is 3. The molecule has 0 saturated carbocycles. The molecule has 9 heteroatoms. The summed E-state index contributed by atoms with van der Waals surface area (Å²) in [4.78, 5) is 26.6. The molecular formula is C26H24ClN4O4-.